The number of amides is 1. The standard InChI is InChI=1S/C21H17F4NO4/c1-3-20(2,19(28)29)26-18(27)15-10-14(22)8-12-9-16(30-17(12)15)11-4-6-13(7-5-11)21(23,24)25/h4-10H,3H2,1-2H3,(H,26,27)(H,28,29). The topological polar surface area (TPSA) is 79.5 Å². The van der Waals surface area contributed by atoms with E-state index in [0.717, 1.165) is 24.3 Å². The van der Waals surface area contributed by atoms with Gasteiger partial charge in [-0.15, -0.1) is 0 Å². The summed E-state index contributed by atoms with van der Waals surface area (Å²) in [6, 6.07) is 7.60. The molecule has 30 heavy (non-hydrogen) atoms. The number of carbonyl (C=O) groups excluding carboxylic acids is 1. The zero-order chi connectivity index (χ0) is 22.3. The van der Waals surface area contributed by atoms with Crippen molar-refractivity contribution in [3.05, 3.63) is 59.4 Å². The third-order valence-corrected chi connectivity index (χ3v) is 4.89. The van der Waals surface area contributed by atoms with E-state index in [-0.39, 0.29) is 28.7 Å². The van der Waals surface area contributed by atoms with Gasteiger partial charge in [-0.2, -0.15) is 13.2 Å². The van der Waals surface area contributed by atoms with Gasteiger partial charge in [0.05, 0.1) is 11.1 Å². The number of rotatable bonds is 5. The maximum Gasteiger partial charge on any atom is 0.416 e. The normalized spacial score (nSPS) is 13.8. The molecule has 1 atom stereocenters. The van der Waals surface area contributed by atoms with E-state index in [1.165, 1.54) is 25.1 Å². The fourth-order valence-corrected chi connectivity index (χ4v) is 2.86. The van der Waals surface area contributed by atoms with Gasteiger partial charge in [-0.3, -0.25) is 4.79 Å². The summed E-state index contributed by atoms with van der Waals surface area (Å²) in [6.07, 6.45) is -4.40. The minimum atomic E-state index is -4.49. The van der Waals surface area contributed by atoms with Crippen molar-refractivity contribution >= 4 is 22.8 Å². The van der Waals surface area contributed by atoms with Gasteiger partial charge in [-0.1, -0.05) is 19.1 Å². The third-order valence-electron chi connectivity index (χ3n) is 4.89. The molecule has 2 N–H and O–H groups in total. The highest BCUT2D eigenvalue weighted by Gasteiger charge is 2.34. The number of carbonyl (C=O) groups is 2. The lowest BCUT2D eigenvalue weighted by atomic mass is 9.98. The highest BCUT2D eigenvalue weighted by Crippen LogP contribution is 2.34. The van der Waals surface area contributed by atoms with Crippen LogP contribution >= 0.6 is 0 Å². The monoisotopic (exact) mass is 423 g/mol. The molecule has 3 rings (SSSR count). The van der Waals surface area contributed by atoms with Crippen LogP contribution in [0.2, 0.25) is 0 Å². The Labute approximate surface area is 168 Å². The highest BCUT2D eigenvalue weighted by atomic mass is 19.4. The molecule has 9 heteroatoms. The zero-order valence-corrected chi connectivity index (χ0v) is 15.9. The van der Waals surface area contributed by atoms with Gasteiger partial charge < -0.3 is 14.8 Å². The number of hydrogen-bond donors (Lipinski definition) is 2. The van der Waals surface area contributed by atoms with Crippen molar-refractivity contribution in [3.63, 3.8) is 0 Å². The Morgan fingerprint density at radius 3 is 2.27 bits per heavy atom. The van der Waals surface area contributed by atoms with E-state index >= 15 is 0 Å². The Bertz CT molecular complexity index is 1120. The molecular weight excluding hydrogens is 406 g/mol. The van der Waals surface area contributed by atoms with E-state index < -0.39 is 35.0 Å². The molecule has 2 aromatic carbocycles. The minimum absolute atomic E-state index is 0.00682. The second kappa shape index (κ2) is 7.47. The number of fused-ring (bicyclic) bond motifs is 1. The van der Waals surface area contributed by atoms with Crippen LogP contribution in [0.25, 0.3) is 22.3 Å². The average molecular weight is 423 g/mol. The lowest BCUT2D eigenvalue weighted by Crippen LogP contribution is -2.51. The summed E-state index contributed by atoms with van der Waals surface area (Å²) < 4.78 is 57.9. The predicted molar refractivity (Wildman–Crippen MR) is 100 cm³/mol. The molecular formula is C21H17F4NO4. The third kappa shape index (κ3) is 4.00. The van der Waals surface area contributed by atoms with Gasteiger partial charge in [0.25, 0.3) is 5.91 Å². The molecule has 5 nitrogen and oxygen atoms in total. The van der Waals surface area contributed by atoms with Crippen LogP contribution in [-0.4, -0.2) is 22.5 Å². The van der Waals surface area contributed by atoms with Crippen LogP contribution in [0, 0.1) is 5.82 Å². The quantitative estimate of drug-likeness (QED) is 0.550. The Morgan fingerprint density at radius 1 is 1.10 bits per heavy atom. The molecule has 1 aromatic heterocycles. The highest BCUT2D eigenvalue weighted by molar-refractivity contribution is 6.07. The molecule has 0 aliphatic carbocycles. The molecule has 1 amide bonds. The van der Waals surface area contributed by atoms with Crippen LogP contribution in [0.1, 0.15) is 36.2 Å². The summed E-state index contributed by atoms with van der Waals surface area (Å²) in [7, 11) is 0. The molecule has 3 aromatic rings. The zero-order valence-electron chi connectivity index (χ0n) is 15.9. The summed E-state index contributed by atoms with van der Waals surface area (Å²) in [5.41, 5.74) is -2.33. The van der Waals surface area contributed by atoms with Crippen molar-refractivity contribution in [2.24, 2.45) is 0 Å². The van der Waals surface area contributed by atoms with E-state index in [2.05, 4.69) is 5.32 Å². The molecule has 0 aliphatic heterocycles. The minimum Gasteiger partial charge on any atom is -0.480 e. The Morgan fingerprint density at radius 2 is 1.73 bits per heavy atom. The number of carboxylic acids is 1. The van der Waals surface area contributed by atoms with Gasteiger partial charge in [0.1, 0.15) is 22.7 Å². The molecule has 0 aliphatic rings. The Balaban J connectivity index is 2.03. The molecule has 158 valence electrons. The summed E-state index contributed by atoms with van der Waals surface area (Å²) >= 11 is 0. The van der Waals surface area contributed by atoms with Crippen molar-refractivity contribution in [1.29, 1.82) is 0 Å². The van der Waals surface area contributed by atoms with Crippen LogP contribution in [0.4, 0.5) is 17.6 Å². The van der Waals surface area contributed by atoms with Crippen LogP contribution in [0.5, 0.6) is 0 Å². The van der Waals surface area contributed by atoms with E-state index in [0.29, 0.717) is 5.56 Å². The molecule has 0 spiro atoms. The summed E-state index contributed by atoms with van der Waals surface area (Å²) in [5, 5.41) is 11.9. The van der Waals surface area contributed by atoms with Gasteiger partial charge >= 0.3 is 12.1 Å². The number of furan rings is 1. The molecule has 0 saturated heterocycles. The van der Waals surface area contributed by atoms with Crippen LogP contribution in [0.3, 0.4) is 0 Å². The lowest BCUT2D eigenvalue weighted by Gasteiger charge is -2.24. The fraction of sp³-hybridized carbons (Fsp3) is 0.238. The van der Waals surface area contributed by atoms with Crippen molar-refractivity contribution in [2.75, 3.05) is 0 Å². The smallest absolute Gasteiger partial charge is 0.416 e. The number of alkyl halides is 3. The summed E-state index contributed by atoms with van der Waals surface area (Å²) in [4.78, 5) is 24.1. The van der Waals surface area contributed by atoms with E-state index in [1.807, 2.05) is 0 Å². The van der Waals surface area contributed by atoms with Crippen LogP contribution in [0.15, 0.2) is 46.9 Å². The average Bonchev–Trinajstić information content (AvgIpc) is 3.10. The molecule has 0 saturated carbocycles. The van der Waals surface area contributed by atoms with E-state index in [4.69, 9.17) is 4.42 Å². The van der Waals surface area contributed by atoms with Crippen molar-refractivity contribution in [3.8, 4) is 11.3 Å². The Hall–Kier alpha value is -3.36. The van der Waals surface area contributed by atoms with Gasteiger partial charge in [0, 0.05) is 10.9 Å². The van der Waals surface area contributed by atoms with E-state index in [9.17, 15) is 32.3 Å². The number of nitrogens with one attached hydrogen (secondary N) is 1. The first kappa shape index (κ1) is 21.4. The van der Waals surface area contributed by atoms with Gasteiger partial charge in [0.15, 0.2) is 0 Å². The van der Waals surface area contributed by atoms with Crippen molar-refractivity contribution < 1.29 is 36.7 Å². The Kier molecular flexibility index (Phi) is 5.32. The molecule has 1 unspecified atom stereocenters. The largest absolute Gasteiger partial charge is 0.480 e. The van der Waals surface area contributed by atoms with Crippen LogP contribution < -0.4 is 5.32 Å². The number of halogens is 4. The summed E-state index contributed by atoms with van der Waals surface area (Å²) in [5.74, 6) is -2.72. The van der Waals surface area contributed by atoms with Crippen molar-refractivity contribution in [1.82, 2.24) is 5.32 Å². The lowest BCUT2D eigenvalue weighted by molar-refractivity contribution is -0.144. The SMILES string of the molecule is CCC(C)(NC(=O)c1cc(F)cc2cc(-c3ccc(C(F)(F)F)cc3)oc12)C(=O)O. The van der Waals surface area contributed by atoms with Gasteiger partial charge in [0.2, 0.25) is 0 Å². The molecule has 0 bridgehead atoms. The van der Waals surface area contributed by atoms with Gasteiger partial charge in [-0.25, -0.2) is 9.18 Å². The maximum atomic E-state index is 14.1. The molecule has 0 radical (unpaired) electrons. The molecule has 1 heterocycles. The molecule has 0 fully saturated rings. The fourth-order valence-electron chi connectivity index (χ4n) is 2.86. The first-order valence-corrected chi connectivity index (χ1v) is 8.91. The van der Waals surface area contributed by atoms with Crippen LogP contribution in [-0.2, 0) is 11.0 Å². The van der Waals surface area contributed by atoms with E-state index in [1.54, 1.807) is 6.92 Å². The second-order valence-electron chi connectivity index (χ2n) is 7.00. The first-order chi connectivity index (χ1) is 13.9. The number of carboxylic acid groups (broad SMARTS) is 1. The number of benzene rings is 2. The number of aliphatic carboxylic acids is 1. The summed E-state index contributed by atoms with van der Waals surface area (Å²) in [6.45, 7) is 2.89. The first-order valence-electron chi connectivity index (χ1n) is 8.91. The van der Waals surface area contributed by atoms with Gasteiger partial charge in [-0.05, 0) is 43.7 Å². The predicted octanol–water partition coefficient (Wildman–Crippen LogP) is 5.24. The second-order valence-corrected chi connectivity index (χ2v) is 7.00. The maximum absolute atomic E-state index is 14.1. The van der Waals surface area contributed by atoms with Crippen molar-refractivity contribution in [2.45, 2.75) is 32.0 Å². The number of hydrogen-bond acceptors (Lipinski definition) is 3.